The van der Waals surface area contributed by atoms with Gasteiger partial charge in [0.25, 0.3) is 0 Å². The number of allylic oxidation sites excluding steroid dienone is 2. The number of fused-ring (bicyclic) bond motifs is 1. The van der Waals surface area contributed by atoms with Crippen molar-refractivity contribution in [3.05, 3.63) is 17.3 Å². The third-order valence-electron chi connectivity index (χ3n) is 3.94. The Morgan fingerprint density at radius 2 is 2.00 bits per heavy atom. The molecule has 1 saturated heterocycles. The van der Waals surface area contributed by atoms with Crippen LogP contribution in [-0.2, 0) is 13.0 Å². The van der Waals surface area contributed by atoms with Crippen LogP contribution in [0.15, 0.2) is 5.70 Å². The molecule has 1 aromatic rings. The van der Waals surface area contributed by atoms with Gasteiger partial charge in [0.05, 0.1) is 0 Å². The van der Waals surface area contributed by atoms with Gasteiger partial charge in [-0.2, -0.15) is 5.26 Å². The Labute approximate surface area is 113 Å². The molecule has 3 heterocycles. The van der Waals surface area contributed by atoms with Gasteiger partial charge in [0.2, 0.25) is 0 Å². The lowest BCUT2D eigenvalue weighted by Gasteiger charge is -2.15. The average Bonchev–Trinajstić information content (AvgIpc) is 2.69. The largest absolute Gasteiger partial charge is 0.387 e. The maximum Gasteiger partial charge on any atom is 0.176 e. The molecule has 0 bridgehead atoms. The van der Waals surface area contributed by atoms with Crippen molar-refractivity contribution in [2.24, 2.45) is 0 Å². The molecule has 2 aliphatic rings. The predicted molar refractivity (Wildman–Crippen MR) is 72.0 cm³/mol. The van der Waals surface area contributed by atoms with E-state index in [2.05, 4.69) is 26.2 Å². The van der Waals surface area contributed by atoms with Crippen LogP contribution in [0, 0.1) is 11.3 Å². The van der Waals surface area contributed by atoms with Crippen LogP contribution in [-0.4, -0.2) is 21.3 Å². The van der Waals surface area contributed by atoms with E-state index < -0.39 is 0 Å². The number of rotatable bonds is 1. The molecule has 0 amide bonds. The van der Waals surface area contributed by atoms with Gasteiger partial charge in [-0.3, -0.25) is 0 Å². The van der Waals surface area contributed by atoms with Crippen LogP contribution in [0.1, 0.15) is 50.2 Å². The molecule has 19 heavy (non-hydrogen) atoms. The van der Waals surface area contributed by atoms with E-state index in [1.807, 2.05) is 0 Å². The van der Waals surface area contributed by atoms with Gasteiger partial charge in [0.1, 0.15) is 17.5 Å². The highest BCUT2D eigenvalue weighted by Gasteiger charge is 2.21. The molecular weight excluding hydrogens is 238 g/mol. The van der Waals surface area contributed by atoms with Gasteiger partial charge in [-0.15, -0.1) is 10.2 Å². The Morgan fingerprint density at radius 1 is 1.11 bits per heavy atom. The van der Waals surface area contributed by atoms with Crippen LogP contribution in [0.25, 0.3) is 5.57 Å². The van der Waals surface area contributed by atoms with E-state index in [0.717, 1.165) is 56.1 Å². The van der Waals surface area contributed by atoms with Crippen molar-refractivity contribution in [1.29, 1.82) is 5.26 Å². The smallest absolute Gasteiger partial charge is 0.176 e. The summed E-state index contributed by atoms with van der Waals surface area (Å²) in [5, 5.41) is 21.4. The van der Waals surface area contributed by atoms with E-state index in [1.165, 1.54) is 19.3 Å². The highest BCUT2D eigenvalue weighted by Crippen LogP contribution is 2.24. The first kappa shape index (κ1) is 12.2. The van der Waals surface area contributed by atoms with Gasteiger partial charge < -0.3 is 9.88 Å². The molecule has 0 spiro atoms. The molecule has 0 unspecified atom stereocenters. The predicted octanol–water partition coefficient (Wildman–Crippen LogP) is 2.01. The number of aromatic nitrogens is 3. The third-order valence-corrected chi connectivity index (χ3v) is 3.94. The summed E-state index contributed by atoms with van der Waals surface area (Å²) in [6, 6.07) is 2.35. The van der Waals surface area contributed by atoms with Gasteiger partial charge in [-0.1, -0.05) is 6.42 Å². The summed E-state index contributed by atoms with van der Waals surface area (Å²) in [7, 11) is 0. The Hall–Kier alpha value is -1.83. The maximum atomic E-state index is 9.51. The van der Waals surface area contributed by atoms with Crippen LogP contribution in [0.3, 0.4) is 0 Å². The quantitative estimate of drug-likeness (QED) is 0.781. The van der Waals surface area contributed by atoms with Gasteiger partial charge >= 0.3 is 0 Å². The van der Waals surface area contributed by atoms with Crippen molar-refractivity contribution < 1.29 is 0 Å². The van der Waals surface area contributed by atoms with Crippen molar-refractivity contribution in [3.8, 4) is 6.07 Å². The van der Waals surface area contributed by atoms with Gasteiger partial charge in [0.15, 0.2) is 5.82 Å². The highest BCUT2D eigenvalue weighted by molar-refractivity contribution is 5.75. The van der Waals surface area contributed by atoms with E-state index in [9.17, 15) is 5.26 Å². The standard InChI is InChI=1S/C14H19N5/c15-10-11(12-6-2-1-4-8-16-12)14-18-17-13-7-3-5-9-19(13)14/h16H,1-9H2/b12-11+. The first-order valence-electron chi connectivity index (χ1n) is 7.19. The van der Waals surface area contributed by atoms with Crippen molar-refractivity contribution in [2.45, 2.75) is 51.5 Å². The molecule has 100 valence electrons. The maximum absolute atomic E-state index is 9.51. The summed E-state index contributed by atoms with van der Waals surface area (Å²) in [6.07, 6.45) is 7.82. The zero-order chi connectivity index (χ0) is 13.1. The van der Waals surface area contributed by atoms with Crippen LogP contribution >= 0.6 is 0 Å². The second kappa shape index (κ2) is 5.43. The molecule has 1 fully saturated rings. The molecule has 3 rings (SSSR count). The van der Waals surface area contributed by atoms with E-state index >= 15 is 0 Å². The minimum Gasteiger partial charge on any atom is -0.387 e. The molecule has 0 saturated carbocycles. The minimum absolute atomic E-state index is 0.697. The van der Waals surface area contributed by atoms with Crippen molar-refractivity contribution in [3.63, 3.8) is 0 Å². The van der Waals surface area contributed by atoms with Gasteiger partial charge in [0, 0.05) is 25.2 Å². The molecular formula is C14H19N5. The summed E-state index contributed by atoms with van der Waals surface area (Å²) in [6.45, 7) is 1.90. The summed E-state index contributed by atoms with van der Waals surface area (Å²) in [5.41, 5.74) is 1.75. The molecule has 0 atom stereocenters. The van der Waals surface area contributed by atoms with Gasteiger partial charge in [-0.05, 0) is 32.1 Å². The molecule has 0 aromatic carbocycles. The lowest BCUT2D eigenvalue weighted by atomic mass is 10.1. The van der Waals surface area contributed by atoms with Crippen LogP contribution in [0.5, 0.6) is 0 Å². The SMILES string of the molecule is N#C/C(=C1/CCCCCN1)c1nnc2n1CCCC2. The second-order valence-electron chi connectivity index (χ2n) is 5.25. The molecule has 5 heteroatoms. The molecule has 0 radical (unpaired) electrons. The van der Waals surface area contributed by atoms with Crippen LogP contribution in [0.4, 0.5) is 0 Å². The third kappa shape index (κ3) is 2.35. The molecule has 1 N–H and O–H groups in total. The van der Waals surface area contributed by atoms with Crippen molar-refractivity contribution in [2.75, 3.05) is 6.54 Å². The number of nitriles is 1. The molecule has 5 nitrogen and oxygen atoms in total. The molecule has 1 aromatic heterocycles. The van der Waals surface area contributed by atoms with Crippen LogP contribution in [0.2, 0.25) is 0 Å². The minimum atomic E-state index is 0.697. The molecule has 2 aliphatic heterocycles. The summed E-state index contributed by atoms with van der Waals surface area (Å²) < 4.78 is 2.13. The van der Waals surface area contributed by atoms with E-state index in [0.29, 0.717) is 5.57 Å². The van der Waals surface area contributed by atoms with Crippen LogP contribution < -0.4 is 5.32 Å². The first-order valence-corrected chi connectivity index (χ1v) is 7.19. The number of aryl methyl sites for hydroxylation is 1. The second-order valence-corrected chi connectivity index (χ2v) is 5.25. The number of hydrogen-bond donors (Lipinski definition) is 1. The zero-order valence-electron chi connectivity index (χ0n) is 11.2. The average molecular weight is 257 g/mol. The van der Waals surface area contributed by atoms with Crippen molar-refractivity contribution in [1.82, 2.24) is 20.1 Å². The molecule has 0 aliphatic carbocycles. The summed E-state index contributed by atoms with van der Waals surface area (Å²) in [4.78, 5) is 0. The van der Waals surface area contributed by atoms with Gasteiger partial charge in [-0.25, -0.2) is 0 Å². The monoisotopic (exact) mass is 257 g/mol. The summed E-state index contributed by atoms with van der Waals surface area (Å²) in [5.74, 6) is 1.80. The number of nitrogens with one attached hydrogen (secondary N) is 1. The Balaban J connectivity index is 2.00. The number of nitrogens with zero attached hydrogens (tertiary/aromatic N) is 4. The lowest BCUT2D eigenvalue weighted by molar-refractivity contribution is 0.519. The Kier molecular flexibility index (Phi) is 3.49. The Bertz CT molecular complexity index is 525. The topological polar surface area (TPSA) is 66.5 Å². The normalized spacial score (nSPS) is 21.8. The number of hydrogen-bond acceptors (Lipinski definition) is 4. The van der Waals surface area contributed by atoms with Crippen molar-refractivity contribution >= 4 is 5.57 Å². The fraction of sp³-hybridized carbons (Fsp3) is 0.643. The fourth-order valence-corrected chi connectivity index (χ4v) is 2.89. The van der Waals surface area contributed by atoms with E-state index in [1.54, 1.807) is 0 Å². The summed E-state index contributed by atoms with van der Waals surface area (Å²) >= 11 is 0. The Morgan fingerprint density at radius 3 is 2.89 bits per heavy atom. The lowest BCUT2D eigenvalue weighted by Crippen LogP contribution is -2.17. The highest BCUT2D eigenvalue weighted by atomic mass is 15.3. The fourth-order valence-electron chi connectivity index (χ4n) is 2.89. The first-order chi connectivity index (χ1) is 9.40. The zero-order valence-corrected chi connectivity index (χ0v) is 11.2. The van der Waals surface area contributed by atoms with E-state index in [4.69, 9.17) is 0 Å². The van der Waals surface area contributed by atoms with E-state index in [-0.39, 0.29) is 0 Å².